The number of nitrogens with one attached hydrogen (secondary N) is 2. The van der Waals surface area contributed by atoms with E-state index >= 15 is 0 Å². The molecule has 0 saturated heterocycles. The van der Waals surface area contributed by atoms with Crippen molar-refractivity contribution in [3.63, 3.8) is 0 Å². The molecule has 2 aromatic carbocycles. The van der Waals surface area contributed by atoms with Crippen molar-refractivity contribution >= 4 is 23.0 Å². The summed E-state index contributed by atoms with van der Waals surface area (Å²) in [7, 11) is 0. The fourth-order valence-electron chi connectivity index (χ4n) is 2.34. The molecule has 0 aromatic heterocycles. The van der Waals surface area contributed by atoms with Crippen LogP contribution in [0.1, 0.15) is 31.9 Å². The number of hydrogen-bond acceptors (Lipinski definition) is 1. The highest BCUT2D eigenvalue weighted by Crippen LogP contribution is 2.22. The van der Waals surface area contributed by atoms with Crippen LogP contribution in [0, 0.1) is 17.6 Å². The van der Waals surface area contributed by atoms with Gasteiger partial charge in [-0.2, -0.15) is 0 Å². The minimum Gasteiger partial charge on any atom is -0.356 e. The van der Waals surface area contributed by atoms with Crippen LogP contribution < -0.4 is 10.6 Å². The van der Waals surface area contributed by atoms with Gasteiger partial charge >= 0.3 is 0 Å². The van der Waals surface area contributed by atoms with Gasteiger partial charge < -0.3 is 10.6 Å². The number of anilines is 1. The number of halogens is 2. The van der Waals surface area contributed by atoms with Crippen molar-refractivity contribution < 1.29 is 8.78 Å². The van der Waals surface area contributed by atoms with Gasteiger partial charge in [-0.05, 0) is 42.3 Å². The molecule has 2 nitrogen and oxygen atoms in total. The van der Waals surface area contributed by atoms with Crippen molar-refractivity contribution in [3.8, 4) is 0 Å². The van der Waals surface area contributed by atoms with Crippen molar-refractivity contribution in [3.05, 3.63) is 65.7 Å². The van der Waals surface area contributed by atoms with Crippen LogP contribution in [0.2, 0.25) is 0 Å². The first-order valence-corrected chi connectivity index (χ1v) is 7.94. The first-order chi connectivity index (χ1) is 11.0. The van der Waals surface area contributed by atoms with E-state index in [2.05, 4.69) is 24.5 Å². The topological polar surface area (TPSA) is 24.1 Å². The lowest BCUT2D eigenvalue weighted by Crippen LogP contribution is -2.33. The molecule has 0 aliphatic carbocycles. The fourth-order valence-corrected chi connectivity index (χ4v) is 2.59. The molecular weight excluding hydrogens is 314 g/mol. The van der Waals surface area contributed by atoms with Crippen LogP contribution >= 0.6 is 12.2 Å². The molecule has 0 radical (unpaired) electrons. The molecule has 23 heavy (non-hydrogen) atoms. The summed E-state index contributed by atoms with van der Waals surface area (Å²) in [5, 5.41) is 6.31. The van der Waals surface area contributed by atoms with E-state index in [4.69, 9.17) is 12.2 Å². The third-order valence-corrected chi connectivity index (χ3v) is 3.61. The zero-order valence-corrected chi connectivity index (χ0v) is 14.0. The van der Waals surface area contributed by atoms with E-state index in [0.29, 0.717) is 11.0 Å². The maximum Gasteiger partial charge on any atom is 0.171 e. The van der Waals surface area contributed by atoms with Crippen LogP contribution in [0.15, 0.2) is 48.5 Å². The zero-order valence-electron chi connectivity index (χ0n) is 13.1. The third-order valence-electron chi connectivity index (χ3n) is 3.39. The average Bonchev–Trinajstić information content (AvgIpc) is 2.50. The summed E-state index contributed by atoms with van der Waals surface area (Å²) in [6, 6.07) is 13.3. The van der Waals surface area contributed by atoms with Crippen LogP contribution in [-0.2, 0) is 0 Å². The van der Waals surface area contributed by atoms with E-state index in [1.165, 1.54) is 12.1 Å². The largest absolute Gasteiger partial charge is 0.356 e. The van der Waals surface area contributed by atoms with E-state index in [0.717, 1.165) is 18.1 Å². The molecule has 0 spiro atoms. The Kier molecular flexibility index (Phi) is 6.04. The van der Waals surface area contributed by atoms with Gasteiger partial charge in [-0.15, -0.1) is 0 Å². The van der Waals surface area contributed by atoms with Gasteiger partial charge in [0.2, 0.25) is 0 Å². The highest BCUT2D eigenvalue weighted by molar-refractivity contribution is 7.80. The Labute approximate surface area is 140 Å². The number of thiocarbonyl (C=S) groups is 1. The van der Waals surface area contributed by atoms with E-state index in [1.807, 2.05) is 30.3 Å². The number of hydrogen-bond donors (Lipinski definition) is 2. The van der Waals surface area contributed by atoms with Crippen LogP contribution in [0.3, 0.4) is 0 Å². The van der Waals surface area contributed by atoms with Gasteiger partial charge in [0.1, 0.15) is 11.6 Å². The molecule has 0 aliphatic rings. The molecule has 0 fully saturated rings. The lowest BCUT2D eigenvalue weighted by molar-refractivity contribution is 0.480. The van der Waals surface area contributed by atoms with E-state index < -0.39 is 11.6 Å². The minimum absolute atomic E-state index is 0.0275. The van der Waals surface area contributed by atoms with Gasteiger partial charge in [-0.25, -0.2) is 8.78 Å². The van der Waals surface area contributed by atoms with Crippen LogP contribution in [0.5, 0.6) is 0 Å². The Morgan fingerprint density at radius 2 is 1.78 bits per heavy atom. The molecule has 2 aromatic rings. The lowest BCUT2D eigenvalue weighted by Gasteiger charge is -2.23. The quantitative estimate of drug-likeness (QED) is 0.749. The van der Waals surface area contributed by atoms with E-state index in [9.17, 15) is 8.78 Å². The highest BCUT2D eigenvalue weighted by Gasteiger charge is 2.15. The molecule has 122 valence electrons. The lowest BCUT2D eigenvalue weighted by atomic mass is 9.97. The van der Waals surface area contributed by atoms with Gasteiger partial charge in [0.05, 0.1) is 11.7 Å². The summed E-state index contributed by atoms with van der Waals surface area (Å²) in [6.45, 7) is 4.27. The van der Waals surface area contributed by atoms with Gasteiger partial charge in [0.25, 0.3) is 0 Å². The molecule has 2 rings (SSSR count). The zero-order chi connectivity index (χ0) is 16.8. The first kappa shape index (κ1) is 17.3. The average molecular weight is 334 g/mol. The second-order valence-corrected chi connectivity index (χ2v) is 6.22. The molecular formula is C18H20F2N2S. The van der Waals surface area contributed by atoms with Crippen LogP contribution in [0.4, 0.5) is 14.5 Å². The molecule has 1 atom stereocenters. The maximum absolute atomic E-state index is 13.7. The molecule has 2 N–H and O–H groups in total. The second-order valence-electron chi connectivity index (χ2n) is 5.82. The second kappa shape index (κ2) is 8.02. The fraction of sp³-hybridized carbons (Fsp3) is 0.278. The maximum atomic E-state index is 13.7. The predicted molar refractivity (Wildman–Crippen MR) is 94.4 cm³/mol. The van der Waals surface area contributed by atoms with Gasteiger partial charge in [-0.3, -0.25) is 0 Å². The molecule has 0 bridgehead atoms. The first-order valence-electron chi connectivity index (χ1n) is 7.53. The monoisotopic (exact) mass is 334 g/mol. The van der Waals surface area contributed by atoms with Crippen molar-refractivity contribution in [1.82, 2.24) is 5.32 Å². The summed E-state index contributed by atoms with van der Waals surface area (Å²) in [6.07, 6.45) is 0.887. The van der Waals surface area contributed by atoms with Crippen LogP contribution in [0.25, 0.3) is 0 Å². The Hall–Kier alpha value is -2.01. The summed E-state index contributed by atoms with van der Waals surface area (Å²) in [4.78, 5) is 0. The Balaban J connectivity index is 2.08. The van der Waals surface area contributed by atoms with E-state index in [-0.39, 0.29) is 11.7 Å². The molecule has 0 amide bonds. The van der Waals surface area contributed by atoms with Gasteiger partial charge in [0, 0.05) is 6.07 Å². The van der Waals surface area contributed by atoms with Crippen molar-refractivity contribution in [2.75, 3.05) is 5.32 Å². The molecule has 5 heteroatoms. The Morgan fingerprint density at radius 3 is 2.39 bits per heavy atom. The summed E-state index contributed by atoms with van der Waals surface area (Å²) in [5.74, 6) is -0.818. The normalized spacial score (nSPS) is 12.0. The van der Waals surface area contributed by atoms with Crippen LogP contribution in [-0.4, -0.2) is 5.11 Å². The Morgan fingerprint density at radius 1 is 1.09 bits per heavy atom. The Bertz CT molecular complexity index is 659. The molecule has 0 unspecified atom stereocenters. The summed E-state index contributed by atoms with van der Waals surface area (Å²) in [5.41, 5.74) is 1.27. The van der Waals surface area contributed by atoms with Crippen molar-refractivity contribution in [1.29, 1.82) is 0 Å². The molecule has 0 saturated carbocycles. The van der Waals surface area contributed by atoms with E-state index in [1.54, 1.807) is 0 Å². The third kappa shape index (κ3) is 5.28. The number of rotatable bonds is 5. The molecule has 0 heterocycles. The SMILES string of the molecule is CC(C)C[C@H](NC(=S)Nc1ccc(F)cc1F)c1ccccc1. The van der Waals surface area contributed by atoms with Gasteiger partial charge in [0.15, 0.2) is 5.11 Å². The highest BCUT2D eigenvalue weighted by atomic mass is 32.1. The summed E-state index contributed by atoms with van der Waals surface area (Å²) >= 11 is 5.27. The smallest absolute Gasteiger partial charge is 0.171 e. The van der Waals surface area contributed by atoms with Crippen molar-refractivity contribution in [2.24, 2.45) is 5.92 Å². The predicted octanol–water partition coefficient (Wildman–Crippen LogP) is 5.04. The number of benzene rings is 2. The minimum atomic E-state index is -0.672. The summed E-state index contributed by atoms with van der Waals surface area (Å²) < 4.78 is 26.6. The molecule has 0 aliphatic heterocycles. The standard InChI is InChI=1S/C18H20F2N2S/c1-12(2)10-17(13-6-4-3-5-7-13)22-18(23)21-16-9-8-14(19)11-15(16)20/h3-9,11-12,17H,10H2,1-2H3,(H2,21,22,23)/t17-/m0/s1. The van der Waals surface area contributed by atoms with Crippen molar-refractivity contribution in [2.45, 2.75) is 26.3 Å². The van der Waals surface area contributed by atoms with Gasteiger partial charge in [-0.1, -0.05) is 44.2 Å².